The third-order valence-electron chi connectivity index (χ3n) is 3.68. The van der Waals surface area contributed by atoms with Crippen molar-refractivity contribution in [1.29, 1.82) is 0 Å². The fraction of sp³-hybridized carbons (Fsp3) is 0.600. The van der Waals surface area contributed by atoms with Gasteiger partial charge in [-0.05, 0) is 32.0 Å². The summed E-state index contributed by atoms with van der Waals surface area (Å²) in [6, 6.07) is 5.82. The van der Waals surface area contributed by atoms with Gasteiger partial charge in [-0.25, -0.2) is 0 Å². The molecule has 19 heavy (non-hydrogen) atoms. The molecular weight excluding hydrogens is 238 g/mol. The molecule has 1 fully saturated rings. The molecule has 1 aliphatic heterocycles. The van der Waals surface area contributed by atoms with E-state index in [1.165, 1.54) is 26.2 Å². The lowest BCUT2D eigenvalue weighted by atomic mass is 10.2. The lowest BCUT2D eigenvalue weighted by Gasteiger charge is -2.32. The second-order valence-corrected chi connectivity index (χ2v) is 5.37. The minimum absolute atomic E-state index is 0.761. The summed E-state index contributed by atoms with van der Waals surface area (Å²) in [5.74, 6) is 0.915. The normalized spacial score (nSPS) is 17.6. The molecule has 0 amide bonds. The van der Waals surface area contributed by atoms with Crippen molar-refractivity contribution in [3.63, 3.8) is 0 Å². The molecule has 0 radical (unpaired) electrons. The average molecular weight is 263 g/mol. The Labute approximate surface area is 116 Å². The second-order valence-electron chi connectivity index (χ2n) is 5.37. The van der Waals surface area contributed by atoms with Crippen LogP contribution in [0.5, 0.6) is 5.75 Å². The highest BCUT2D eigenvalue weighted by molar-refractivity contribution is 5.47. The predicted molar refractivity (Wildman–Crippen MR) is 79.6 cm³/mol. The summed E-state index contributed by atoms with van der Waals surface area (Å²) in [4.78, 5) is 4.89. The van der Waals surface area contributed by atoms with Gasteiger partial charge in [-0.15, -0.1) is 0 Å². The van der Waals surface area contributed by atoms with E-state index >= 15 is 0 Å². The van der Waals surface area contributed by atoms with Crippen molar-refractivity contribution in [3.8, 4) is 5.75 Å². The van der Waals surface area contributed by atoms with Crippen LogP contribution in [0.15, 0.2) is 18.2 Å². The van der Waals surface area contributed by atoms with Gasteiger partial charge in [0.15, 0.2) is 0 Å². The Hall–Kier alpha value is -1.26. The molecule has 0 atom stereocenters. The highest BCUT2D eigenvalue weighted by Crippen LogP contribution is 2.20. The van der Waals surface area contributed by atoms with Crippen molar-refractivity contribution in [2.75, 3.05) is 52.1 Å². The minimum Gasteiger partial charge on any atom is -0.493 e. The molecule has 4 heteroatoms. The van der Waals surface area contributed by atoms with E-state index in [9.17, 15) is 0 Å². The first-order valence-electron chi connectivity index (χ1n) is 7.05. The van der Waals surface area contributed by atoms with Gasteiger partial charge in [-0.2, -0.15) is 0 Å². The third kappa shape index (κ3) is 4.40. The maximum absolute atomic E-state index is 5.81. The number of hydrogen-bond acceptors (Lipinski definition) is 4. The van der Waals surface area contributed by atoms with E-state index in [1.807, 2.05) is 18.2 Å². The number of rotatable bonds is 5. The van der Waals surface area contributed by atoms with Crippen LogP contribution in [-0.4, -0.2) is 56.2 Å². The van der Waals surface area contributed by atoms with Crippen LogP contribution in [0.1, 0.15) is 12.0 Å². The molecule has 0 bridgehead atoms. The van der Waals surface area contributed by atoms with Crippen LogP contribution >= 0.6 is 0 Å². The zero-order valence-electron chi connectivity index (χ0n) is 12.1. The summed E-state index contributed by atoms with van der Waals surface area (Å²) in [6.45, 7) is 8.63. The van der Waals surface area contributed by atoms with E-state index in [-0.39, 0.29) is 0 Å². The van der Waals surface area contributed by atoms with Crippen molar-refractivity contribution in [2.24, 2.45) is 0 Å². The molecule has 1 aromatic carbocycles. The Morgan fingerprint density at radius 1 is 1.21 bits per heavy atom. The lowest BCUT2D eigenvalue weighted by Crippen LogP contribution is -2.44. The average Bonchev–Trinajstić information content (AvgIpc) is 2.40. The summed E-state index contributed by atoms with van der Waals surface area (Å²) in [5, 5.41) is 0. The molecule has 1 saturated heterocycles. The van der Waals surface area contributed by atoms with Gasteiger partial charge < -0.3 is 20.3 Å². The molecule has 1 aromatic rings. The molecule has 0 aliphatic carbocycles. The van der Waals surface area contributed by atoms with Crippen LogP contribution in [0.3, 0.4) is 0 Å². The highest BCUT2D eigenvalue weighted by atomic mass is 16.5. The quantitative estimate of drug-likeness (QED) is 0.647. The SMILES string of the molecule is Cc1ccc(N)cc1OCCCN1CCN(C)CC1. The van der Waals surface area contributed by atoms with Crippen molar-refractivity contribution in [2.45, 2.75) is 13.3 Å². The number of benzene rings is 1. The Morgan fingerprint density at radius 3 is 2.68 bits per heavy atom. The molecular formula is C15H25N3O. The van der Waals surface area contributed by atoms with Gasteiger partial charge in [0, 0.05) is 44.5 Å². The maximum atomic E-state index is 5.81. The van der Waals surface area contributed by atoms with E-state index < -0.39 is 0 Å². The molecule has 0 spiro atoms. The van der Waals surface area contributed by atoms with Crippen LogP contribution < -0.4 is 10.5 Å². The summed E-state index contributed by atoms with van der Waals surface area (Å²) in [6.07, 6.45) is 1.07. The second kappa shape index (κ2) is 6.78. The predicted octanol–water partition coefficient (Wildman–Crippen LogP) is 1.59. The number of anilines is 1. The van der Waals surface area contributed by atoms with Gasteiger partial charge in [-0.3, -0.25) is 0 Å². The number of likely N-dealkylation sites (N-methyl/N-ethyl adjacent to an activating group) is 1. The molecule has 0 unspecified atom stereocenters. The van der Waals surface area contributed by atoms with Crippen LogP contribution in [0, 0.1) is 6.92 Å². The third-order valence-corrected chi connectivity index (χ3v) is 3.68. The minimum atomic E-state index is 0.761. The summed E-state index contributed by atoms with van der Waals surface area (Å²) in [5.41, 5.74) is 7.68. The summed E-state index contributed by atoms with van der Waals surface area (Å²) >= 11 is 0. The number of ether oxygens (including phenoxy) is 1. The van der Waals surface area contributed by atoms with E-state index in [4.69, 9.17) is 10.5 Å². The zero-order chi connectivity index (χ0) is 13.7. The largest absolute Gasteiger partial charge is 0.493 e. The van der Waals surface area contributed by atoms with Crippen molar-refractivity contribution < 1.29 is 4.74 Å². The van der Waals surface area contributed by atoms with Gasteiger partial charge in [0.25, 0.3) is 0 Å². The van der Waals surface area contributed by atoms with Crippen molar-refractivity contribution >= 4 is 5.69 Å². The molecule has 1 aliphatic rings. The van der Waals surface area contributed by atoms with Gasteiger partial charge >= 0.3 is 0 Å². The van der Waals surface area contributed by atoms with Gasteiger partial charge in [0.1, 0.15) is 5.75 Å². The first-order chi connectivity index (χ1) is 9.15. The molecule has 2 N–H and O–H groups in total. The Balaban J connectivity index is 1.68. The smallest absolute Gasteiger partial charge is 0.124 e. The number of nitrogen functional groups attached to an aromatic ring is 1. The fourth-order valence-electron chi connectivity index (χ4n) is 2.31. The molecule has 1 heterocycles. The van der Waals surface area contributed by atoms with Gasteiger partial charge in [0.2, 0.25) is 0 Å². The first-order valence-corrected chi connectivity index (χ1v) is 7.05. The van der Waals surface area contributed by atoms with E-state index in [2.05, 4.69) is 23.8 Å². The zero-order valence-corrected chi connectivity index (χ0v) is 12.1. The Kier molecular flexibility index (Phi) is 5.05. The topological polar surface area (TPSA) is 41.7 Å². The van der Waals surface area contributed by atoms with E-state index in [0.29, 0.717) is 0 Å². The van der Waals surface area contributed by atoms with Crippen molar-refractivity contribution in [1.82, 2.24) is 9.80 Å². The first kappa shape index (κ1) is 14.2. The van der Waals surface area contributed by atoms with E-state index in [1.54, 1.807) is 0 Å². The number of piperazine rings is 1. The van der Waals surface area contributed by atoms with Gasteiger partial charge in [0.05, 0.1) is 6.61 Å². The molecule has 0 saturated carbocycles. The van der Waals surface area contributed by atoms with Crippen molar-refractivity contribution in [3.05, 3.63) is 23.8 Å². The number of nitrogens with two attached hydrogens (primary N) is 1. The fourth-order valence-corrected chi connectivity index (χ4v) is 2.31. The number of aryl methyl sites for hydroxylation is 1. The summed E-state index contributed by atoms with van der Waals surface area (Å²) in [7, 11) is 2.18. The maximum Gasteiger partial charge on any atom is 0.124 e. The number of hydrogen-bond donors (Lipinski definition) is 1. The summed E-state index contributed by atoms with van der Waals surface area (Å²) < 4.78 is 5.81. The highest BCUT2D eigenvalue weighted by Gasteiger charge is 2.12. The monoisotopic (exact) mass is 263 g/mol. The molecule has 4 nitrogen and oxygen atoms in total. The lowest BCUT2D eigenvalue weighted by molar-refractivity contribution is 0.145. The van der Waals surface area contributed by atoms with Crippen LogP contribution in [0.25, 0.3) is 0 Å². The molecule has 0 aromatic heterocycles. The molecule has 2 rings (SSSR count). The Bertz CT molecular complexity index is 400. The standard InChI is InChI=1S/C15H25N3O/c1-13-4-5-14(16)12-15(13)19-11-3-6-18-9-7-17(2)8-10-18/h4-5,12H,3,6-11,16H2,1-2H3. The molecule has 106 valence electrons. The number of nitrogens with zero attached hydrogens (tertiary/aromatic N) is 2. The van der Waals surface area contributed by atoms with Crippen LogP contribution in [-0.2, 0) is 0 Å². The van der Waals surface area contributed by atoms with Crippen LogP contribution in [0.4, 0.5) is 5.69 Å². The van der Waals surface area contributed by atoms with E-state index in [0.717, 1.165) is 36.6 Å². The van der Waals surface area contributed by atoms with Gasteiger partial charge in [-0.1, -0.05) is 6.07 Å². The van der Waals surface area contributed by atoms with Crippen LogP contribution in [0.2, 0.25) is 0 Å². The Morgan fingerprint density at radius 2 is 1.95 bits per heavy atom.